The zero-order valence-electron chi connectivity index (χ0n) is 24.1. The number of benzene rings is 5. The minimum Gasteiger partial charge on any atom is -0.296 e. The lowest BCUT2D eigenvalue weighted by Gasteiger charge is -2.12. The van der Waals surface area contributed by atoms with Crippen LogP contribution < -0.4 is 0 Å². The maximum Gasteiger partial charge on any atom is 0.114 e. The number of imidazole rings is 1. The molecule has 0 aliphatic rings. The first-order chi connectivity index (χ1) is 21.8. The number of fused-ring (bicyclic) bond motifs is 8. The normalized spacial score (nSPS) is 11.8. The fourth-order valence-electron chi connectivity index (χ4n) is 6.61. The Kier molecular flexibility index (Phi) is 5.41. The van der Waals surface area contributed by atoms with E-state index in [1.54, 1.807) is 0 Å². The monoisotopic (exact) mass is 565 g/mol. The van der Waals surface area contributed by atoms with E-state index in [4.69, 9.17) is 15.1 Å². The van der Waals surface area contributed by atoms with Crippen molar-refractivity contribution in [3.05, 3.63) is 139 Å². The summed E-state index contributed by atoms with van der Waals surface area (Å²) in [5.41, 5.74) is 10.5. The fourth-order valence-corrected chi connectivity index (χ4v) is 6.61. The second-order valence-electron chi connectivity index (χ2n) is 11.2. The Morgan fingerprint density at radius 2 is 1.23 bits per heavy atom. The van der Waals surface area contributed by atoms with Crippen LogP contribution in [-0.4, -0.2) is 24.1 Å². The van der Waals surface area contributed by atoms with Gasteiger partial charge in [-0.25, -0.2) is 14.5 Å². The molecule has 0 fully saturated rings. The summed E-state index contributed by atoms with van der Waals surface area (Å²) < 4.78 is 4.27. The van der Waals surface area contributed by atoms with E-state index in [0.29, 0.717) is 0 Å². The van der Waals surface area contributed by atoms with Gasteiger partial charge in [-0.2, -0.15) is 5.10 Å². The predicted molar refractivity (Wildman–Crippen MR) is 180 cm³/mol. The second-order valence-corrected chi connectivity index (χ2v) is 11.2. The van der Waals surface area contributed by atoms with Crippen LogP contribution >= 0.6 is 0 Å². The van der Waals surface area contributed by atoms with E-state index in [0.717, 1.165) is 84.1 Å². The van der Waals surface area contributed by atoms with Crippen molar-refractivity contribution >= 4 is 49.1 Å². The number of para-hydroxylation sites is 2. The zero-order valence-corrected chi connectivity index (χ0v) is 24.1. The molecule has 0 bridgehead atoms. The number of rotatable bonds is 4. The van der Waals surface area contributed by atoms with Gasteiger partial charge in [0.15, 0.2) is 0 Å². The third-order valence-electron chi connectivity index (χ3n) is 8.71. The van der Waals surface area contributed by atoms with E-state index in [9.17, 15) is 0 Å². The SMILES string of the molecule is CCc1nc2c3c(-c4ccc(-c5ccc6c7ccccc7nn6c5)cc4)nc4ccccc4c3ccc2n1-c1ccccc1. The Balaban J connectivity index is 1.24. The average Bonchev–Trinajstić information content (AvgIpc) is 3.66. The number of pyridine rings is 2. The van der Waals surface area contributed by atoms with Crippen molar-refractivity contribution in [2.45, 2.75) is 13.3 Å². The van der Waals surface area contributed by atoms with Crippen LogP contribution in [0.25, 0.3) is 77.2 Å². The van der Waals surface area contributed by atoms with E-state index in [1.807, 2.05) is 10.6 Å². The highest BCUT2D eigenvalue weighted by molar-refractivity contribution is 6.19. The van der Waals surface area contributed by atoms with Gasteiger partial charge < -0.3 is 0 Å². The van der Waals surface area contributed by atoms with Crippen LogP contribution in [-0.2, 0) is 6.42 Å². The van der Waals surface area contributed by atoms with Crippen molar-refractivity contribution in [2.75, 3.05) is 0 Å². The third kappa shape index (κ3) is 3.69. The van der Waals surface area contributed by atoms with E-state index in [1.165, 1.54) is 5.39 Å². The van der Waals surface area contributed by atoms with Crippen molar-refractivity contribution in [3.63, 3.8) is 0 Å². The Morgan fingerprint density at radius 1 is 0.545 bits per heavy atom. The molecule has 0 spiro atoms. The molecule has 0 radical (unpaired) electrons. The fraction of sp³-hybridized carbons (Fsp3) is 0.0513. The first-order valence-electron chi connectivity index (χ1n) is 15.0. The third-order valence-corrected chi connectivity index (χ3v) is 8.71. The van der Waals surface area contributed by atoms with Gasteiger partial charge in [0.25, 0.3) is 0 Å². The molecule has 0 aliphatic carbocycles. The summed E-state index contributed by atoms with van der Waals surface area (Å²) in [6, 6.07) is 44.7. The Morgan fingerprint density at radius 3 is 2.05 bits per heavy atom. The van der Waals surface area contributed by atoms with Crippen LogP contribution in [0.3, 0.4) is 0 Å². The highest BCUT2D eigenvalue weighted by Gasteiger charge is 2.19. The summed E-state index contributed by atoms with van der Waals surface area (Å²) in [5, 5.41) is 9.34. The molecule has 44 heavy (non-hydrogen) atoms. The highest BCUT2D eigenvalue weighted by atomic mass is 15.2. The van der Waals surface area contributed by atoms with Gasteiger partial charge in [0.1, 0.15) is 5.82 Å². The van der Waals surface area contributed by atoms with E-state index >= 15 is 0 Å². The van der Waals surface area contributed by atoms with Crippen LogP contribution in [0.1, 0.15) is 12.7 Å². The van der Waals surface area contributed by atoms with Gasteiger partial charge in [0.05, 0.1) is 33.3 Å². The van der Waals surface area contributed by atoms with Crippen LogP contribution in [0.4, 0.5) is 0 Å². The molecule has 4 aromatic heterocycles. The van der Waals surface area contributed by atoms with Gasteiger partial charge in [-0.05, 0) is 47.3 Å². The highest BCUT2D eigenvalue weighted by Crippen LogP contribution is 2.38. The van der Waals surface area contributed by atoms with Gasteiger partial charge in [0, 0.05) is 45.6 Å². The molecule has 0 unspecified atom stereocenters. The minimum absolute atomic E-state index is 0.826. The number of aryl methyl sites for hydroxylation is 1. The predicted octanol–water partition coefficient (Wildman–Crippen LogP) is 9.42. The standard InChI is InChI=1S/C39H27N5/c1-2-36-41-39-35(44(36)28-10-4-3-5-11-28)23-21-30-29-12-6-8-14-32(29)40-38(37(30)39)26-18-16-25(17-19-26)27-20-22-34-31-13-7-9-15-33(31)42-43(34)24-27/h3-24H,2H2,1H3. The maximum atomic E-state index is 5.27. The first kappa shape index (κ1) is 24.8. The lowest BCUT2D eigenvalue weighted by Crippen LogP contribution is -1.99. The van der Waals surface area contributed by atoms with Crippen molar-refractivity contribution in [1.82, 2.24) is 24.1 Å². The van der Waals surface area contributed by atoms with Crippen molar-refractivity contribution in [1.29, 1.82) is 0 Å². The van der Waals surface area contributed by atoms with Crippen LogP contribution in [0.2, 0.25) is 0 Å². The summed E-state index contributed by atoms with van der Waals surface area (Å²) in [5.74, 6) is 1.04. The molecule has 0 N–H and O–H groups in total. The smallest absolute Gasteiger partial charge is 0.114 e. The number of nitrogens with zero attached hydrogens (tertiary/aromatic N) is 5. The minimum atomic E-state index is 0.826. The Labute approximate surface area is 253 Å². The van der Waals surface area contributed by atoms with Crippen LogP contribution in [0.5, 0.6) is 0 Å². The molecule has 4 heterocycles. The summed E-state index contributed by atoms with van der Waals surface area (Å²) in [4.78, 5) is 10.5. The van der Waals surface area contributed by atoms with E-state index < -0.39 is 0 Å². The van der Waals surface area contributed by atoms with E-state index in [-0.39, 0.29) is 0 Å². The number of hydrogen-bond acceptors (Lipinski definition) is 3. The molecule has 208 valence electrons. The Hall–Kier alpha value is -5.81. The molecule has 0 atom stereocenters. The number of hydrogen-bond donors (Lipinski definition) is 0. The molecule has 9 aromatic rings. The topological polar surface area (TPSA) is 48.0 Å². The Bertz CT molecular complexity index is 2520. The largest absolute Gasteiger partial charge is 0.296 e. The van der Waals surface area contributed by atoms with Crippen LogP contribution in [0, 0.1) is 0 Å². The van der Waals surface area contributed by atoms with Crippen LogP contribution in [0.15, 0.2) is 134 Å². The molecular formula is C39H27N5. The molecule has 5 heteroatoms. The van der Waals surface area contributed by atoms with E-state index in [2.05, 4.69) is 139 Å². The van der Waals surface area contributed by atoms with Crippen molar-refractivity contribution in [3.8, 4) is 28.1 Å². The summed E-state index contributed by atoms with van der Waals surface area (Å²) in [6.45, 7) is 2.17. The summed E-state index contributed by atoms with van der Waals surface area (Å²) in [7, 11) is 0. The second kappa shape index (κ2) is 9.61. The molecule has 0 amide bonds. The molecule has 0 saturated carbocycles. The van der Waals surface area contributed by atoms with Gasteiger partial charge in [0.2, 0.25) is 0 Å². The molecule has 9 rings (SSSR count). The first-order valence-corrected chi connectivity index (χ1v) is 15.0. The lowest BCUT2D eigenvalue weighted by atomic mass is 9.97. The summed E-state index contributed by atoms with van der Waals surface area (Å²) >= 11 is 0. The van der Waals surface area contributed by atoms with Crippen molar-refractivity contribution in [2.24, 2.45) is 0 Å². The van der Waals surface area contributed by atoms with Gasteiger partial charge in [-0.15, -0.1) is 0 Å². The van der Waals surface area contributed by atoms with Gasteiger partial charge in [-0.1, -0.05) is 97.9 Å². The van der Waals surface area contributed by atoms with Gasteiger partial charge >= 0.3 is 0 Å². The zero-order chi connectivity index (χ0) is 29.2. The maximum absolute atomic E-state index is 5.27. The molecule has 0 aliphatic heterocycles. The van der Waals surface area contributed by atoms with Gasteiger partial charge in [-0.3, -0.25) is 4.57 Å². The van der Waals surface area contributed by atoms with Crippen molar-refractivity contribution < 1.29 is 0 Å². The lowest BCUT2D eigenvalue weighted by molar-refractivity contribution is 0.908. The number of aromatic nitrogens is 5. The molecule has 5 nitrogen and oxygen atoms in total. The quantitative estimate of drug-likeness (QED) is 0.200. The molecular weight excluding hydrogens is 538 g/mol. The molecule has 0 saturated heterocycles. The average molecular weight is 566 g/mol. The summed E-state index contributed by atoms with van der Waals surface area (Å²) in [6.07, 6.45) is 2.94. The molecule has 5 aromatic carbocycles.